The zero-order chi connectivity index (χ0) is 14.7. The summed E-state index contributed by atoms with van der Waals surface area (Å²) in [5.41, 5.74) is 10.3. The maximum atomic E-state index is 12.1. The molecule has 0 aliphatic carbocycles. The van der Waals surface area contributed by atoms with E-state index in [0.717, 1.165) is 21.2 Å². The third kappa shape index (κ3) is 3.39. The lowest BCUT2D eigenvalue weighted by Gasteiger charge is -2.13. The fraction of sp³-hybridized carbons (Fsp3) is 0.188. The normalized spacial score (nSPS) is 10.3. The molecule has 0 spiro atoms. The van der Waals surface area contributed by atoms with Crippen molar-refractivity contribution < 1.29 is 4.79 Å². The van der Waals surface area contributed by atoms with Crippen LogP contribution in [0.4, 0.5) is 11.4 Å². The summed E-state index contributed by atoms with van der Waals surface area (Å²) in [4.78, 5) is 12.1. The number of anilines is 2. The fourth-order valence-corrected chi connectivity index (χ4v) is 2.24. The molecular weight excluding hydrogens is 316 g/mol. The van der Waals surface area contributed by atoms with Crippen molar-refractivity contribution in [1.29, 1.82) is 0 Å². The van der Waals surface area contributed by atoms with Gasteiger partial charge in [-0.25, -0.2) is 0 Å². The van der Waals surface area contributed by atoms with E-state index in [9.17, 15) is 4.79 Å². The van der Waals surface area contributed by atoms with Gasteiger partial charge in [-0.2, -0.15) is 0 Å². The van der Waals surface area contributed by atoms with Gasteiger partial charge < -0.3 is 11.1 Å². The number of aryl methyl sites for hydroxylation is 1. The number of nitrogens with two attached hydrogens (primary N) is 1. The van der Waals surface area contributed by atoms with Crippen molar-refractivity contribution in [3.8, 4) is 0 Å². The summed E-state index contributed by atoms with van der Waals surface area (Å²) in [7, 11) is 0. The first kappa shape index (κ1) is 14.6. The predicted octanol–water partition coefficient (Wildman–Crippen LogP) is 3.83. The molecule has 0 aromatic heterocycles. The van der Waals surface area contributed by atoms with E-state index >= 15 is 0 Å². The number of halogens is 1. The van der Waals surface area contributed by atoms with Crippen molar-refractivity contribution in [2.24, 2.45) is 0 Å². The molecule has 3 nitrogen and oxygen atoms in total. The number of hydrogen-bond donors (Lipinski definition) is 2. The van der Waals surface area contributed by atoms with Crippen LogP contribution in [0.2, 0.25) is 0 Å². The van der Waals surface area contributed by atoms with Gasteiger partial charge >= 0.3 is 0 Å². The molecule has 0 fully saturated rings. The number of carbonyl (C=O) groups is 1. The Morgan fingerprint density at radius 1 is 1.15 bits per heavy atom. The lowest BCUT2D eigenvalue weighted by Crippen LogP contribution is -2.16. The summed E-state index contributed by atoms with van der Waals surface area (Å²) in [6, 6.07) is 11.5. The highest BCUT2D eigenvalue weighted by atomic mass is 79.9. The molecule has 0 bridgehead atoms. The highest BCUT2D eigenvalue weighted by Crippen LogP contribution is 2.26. The number of nitrogen functional groups attached to an aromatic ring is 1. The Balaban J connectivity index is 2.12. The third-order valence-corrected chi connectivity index (χ3v) is 3.84. The van der Waals surface area contributed by atoms with Crippen LogP contribution in [0.1, 0.15) is 16.7 Å². The molecule has 0 heterocycles. The van der Waals surface area contributed by atoms with Crippen LogP contribution in [0.15, 0.2) is 40.9 Å². The summed E-state index contributed by atoms with van der Waals surface area (Å²) >= 11 is 3.38. The lowest BCUT2D eigenvalue weighted by molar-refractivity contribution is -0.115. The number of amides is 1. The smallest absolute Gasteiger partial charge is 0.228 e. The zero-order valence-corrected chi connectivity index (χ0v) is 13.1. The SMILES string of the molecule is Cc1ccc(N)c(NC(=O)Cc2ccc(Br)cc2)c1C. The van der Waals surface area contributed by atoms with Gasteiger partial charge in [-0.1, -0.05) is 34.1 Å². The van der Waals surface area contributed by atoms with Gasteiger partial charge in [0.05, 0.1) is 17.8 Å². The molecule has 3 N–H and O–H groups in total. The average molecular weight is 333 g/mol. The molecule has 0 aliphatic heterocycles. The number of benzene rings is 2. The Hall–Kier alpha value is -1.81. The molecule has 1 amide bonds. The Kier molecular flexibility index (Phi) is 4.45. The maximum absolute atomic E-state index is 12.1. The van der Waals surface area contributed by atoms with Crippen molar-refractivity contribution in [2.75, 3.05) is 11.1 Å². The van der Waals surface area contributed by atoms with E-state index in [-0.39, 0.29) is 5.91 Å². The quantitative estimate of drug-likeness (QED) is 0.839. The largest absolute Gasteiger partial charge is 0.397 e. The van der Waals surface area contributed by atoms with Gasteiger partial charge in [-0.15, -0.1) is 0 Å². The topological polar surface area (TPSA) is 55.1 Å². The van der Waals surface area contributed by atoms with Crippen LogP contribution in [0.3, 0.4) is 0 Å². The molecule has 0 saturated heterocycles. The Bertz CT molecular complexity index is 636. The van der Waals surface area contributed by atoms with E-state index < -0.39 is 0 Å². The van der Waals surface area contributed by atoms with E-state index in [2.05, 4.69) is 21.2 Å². The first-order chi connectivity index (χ1) is 9.47. The molecule has 0 atom stereocenters. The van der Waals surface area contributed by atoms with Crippen LogP contribution in [-0.4, -0.2) is 5.91 Å². The third-order valence-electron chi connectivity index (χ3n) is 3.31. The monoisotopic (exact) mass is 332 g/mol. The summed E-state index contributed by atoms with van der Waals surface area (Å²) in [5, 5.41) is 2.91. The van der Waals surface area contributed by atoms with Gasteiger partial charge in [0.1, 0.15) is 0 Å². The number of nitrogens with one attached hydrogen (secondary N) is 1. The first-order valence-corrected chi connectivity index (χ1v) is 7.16. The van der Waals surface area contributed by atoms with Crippen molar-refractivity contribution in [1.82, 2.24) is 0 Å². The van der Waals surface area contributed by atoms with Crippen molar-refractivity contribution >= 4 is 33.2 Å². The molecule has 4 heteroatoms. The van der Waals surface area contributed by atoms with Crippen molar-refractivity contribution in [3.05, 3.63) is 57.6 Å². The molecule has 0 radical (unpaired) electrons. The second-order valence-corrected chi connectivity index (χ2v) is 5.74. The van der Waals surface area contributed by atoms with E-state index in [1.54, 1.807) is 0 Å². The molecular formula is C16H17BrN2O. The molecule has 104 valence electrons. The molecule has 0 unspecified atom stereocenters. The summed E-state index contributed by atoms with van der Waals surface area (Å²) in [6.45, 7) is 3.96. The second-order valence-electron chi connectivity index (χ2n) is 4.82. The Morgan fingerprint density at radius 3 is 2.45 bits per heavy atom. The van der Waals surface area contributed by atoms with E-state index in [1.165, 1.54) is 0 Å². The summed E-state index contributed by atoms with van der Waals surface area (Å²) < 4.78 is 1.00. The minimum atomic E-state index is -0.0623. The lowest BCUT2D eigenvalue weighted by atomic mass is 10.1. The Labute approximate surface area is 127 Å². The predicted molar refractivity (Wildman–Crippen MR) is 86.8 cm³/mol. The van der Waals surface area contributed by atoms with Crippen LogP contribution in [0.25, 0.3) is 0 Å². The average Bonchev–Trinajstić information content (AvgIpc) is 2.42. The first-order valence-electron chi connectivity index (χ1n) is 6.37. The maximum Gasteiger partial charge on any atom is 0.228 e. The van der Waals surface area contributed by atoms with Crippen LogP contribution in [0, 0.1) is 13.8 Å². The van der Waals surface area contributed by atoms with E-state index in [4.69, 9.17) is 5.73 Å². The number of rotatable bonds is 3. The van der Waals surface area contributed by atoms with E-state index in [0.29, 0.717) is 17.8 Å². The molecule has 2 aromatic carbocycles. The Morgan fingerprint density at radius 2 is 1.80 bits per heavy atom. The van der Waals surface area contributed by atoms with Crippen LogP contribution in [-0.2, 0) is 11.2 Å². The van der Waals surface area contributed by atoms with Gasteiger partial charge in [-0.3, -0.25) is 4.79 Å². The summed E-state index contributed by atoms with van der Waals surface area (Å²) in [5.74, 6) is -0.0623. The molecule has 20 heavy (non-hydrogen) atoms. The van der Waals surface area contributed by atoms with Crippen LogP contribution in [0.5, 0.6) is 0 Å². The van der Waals surface area contributed by atoms with Crippen molar-refractivity contribution in [2.45, 2.75) is 20.3 Å². The minimum Gasteiger partial charge on any atom is -0.397 e. The number of carbonyl (C=O) groups excluding carboxylic acids is 1. The fourth-order valence-electron chi connectivity index (χ4n) is 1.97. The molecule has 0 aliphatic rings. The van der Waals surface area contributed by atoms with Crippen molar-refractivity contribution in [3.63, 3.8) is 0 Å². The highest BCUT2D eigenvalue weighted by molar-refractivity contribution is 9.10. The minimum absolute atomic E-state index is 0.0623. The zero-order valence-electron chi connectivity index (χ0n) is 11.5. The molecule has 0 saturated carbocycles. The van der Waals surface area contributed by atoms with E-state index in [1.807, 2.05) is 50.2 Å². The molecule has 2 rings (SSSR count). The van der Waals surface area contributed by atoms with Gasteiger partial charge in [0.2, 0.25) is 5.91 Å². The molecule has 2 aromatic rings. The summed E-state index contributed by atoms with van der Waals surface area (Å²) in [6.07, 6.45) is 0.333. The highest BCUT2D eigenvalue weighted by Gasteiger charge is 2.10. The van der Waals surface area contributed by atoms with Gasteiger partial charge in [0.25, 0.3) is 0 Å². The van der Waals surface area contributed by atoms with Gasteiger partial charge in [0.15, 0.2) is 0 Å². The number of hydrogen-bond acceptors (Lipinski definition) is 2. The van der Waals surface area contributed by atoms with Gasteiger partial charge in [0, 0.05) is 4.47 Å². The second kappa shape index (κ2) is 6.09. The van der Waals surface area contributed by atoms with Crippen LogP contribution < -0.4 is 11.1 Å². The van der Waals surface area contributed by atoms with Gasteiger partial charge in [-0.05, 0) is 48.7 Å². The standard InChI is InChI=1S/C16H17BrN2O/c1-10-3-8-14(18)16(11(10)2)19-15(20)9-12-4-6-13(17)7-5-12/h3-8H,9,18H2,1-2H3,(H,19,20). The van der Waals surface area contributed by atoms with Crippen LogP contribution >= 0.6 is 15.9 Å².